The Morgan fingerprint density at radius 3 is 2.29 bits per heavy atom. The highest BCUT2D eigenvalue weighted by atomic mass is 35.5. The minimum absolute atomic E-state index is 0.129. The average Bonchev–Trinajstić information content (AvgIpc) is 3.05. The number of hydrogen-bond donors (Lipinski definition) is 1. The molecule has 3 amide bonds. The van der Waals surface area contributed by atoms with Crippen molar-refractivity contribution in [1.82, 2.24) is 10.2 Å². The fourth-order valence-electron chi connectivity index (χ4n) is 3.67. The predicted molar refractivity (Wildman–Crippen MR) is 92.0 cm³/mol. The Labute approximate surface area is 145 Å². The maximum atomic E-state index is 12.9. The lowest BCUT2D eigenvalue weighted by atomic mass is 9.96. The highest BCUT2D eigenvalue weighted by Crippen LogP contribution is 2.34. The number of halogens is 1. The van der Waals surface area contributed by atoms with Crippen LogP contribution in [0.25, 0.3) is 0 Å². The SMILES string of the molecule is O=C1NC2(Cc3ccccc3C2)C(=O)N1CCc1ccccc1Cl. The molecule has 122 valence electrons. The number of rotatable bonds is 3. The molecule has 1 aliphatic carbocycles. The fourth-order valence-corrected chi connectivity index (χ4v) is 3.90. The van der Waals surface area contributed by atoms with E-state index in [0.717, 1.165) is 16.7 Å². The molecular formula is C19H17ClN2O2. The standard InChI is InChI=1S/C19H17ClN2O2/c20-16-8-4-3-5-13(16)9-10-22-17(23)19(21-18(22)24)11-14-6-1-2-7-15(14)12-19/h1-8H,9-12H2,(H,21,24). The molecule has 1 heterocycles. The first-order valence-corrected chi connectivity index (χ1v) is 8.41. The largest absolute Gasteiger partial charge is 0.325 e. The molecule has 0 unspecified atom stereocenters. The van der Waals surface area contributed by atoms with Crippen molar-refractivity contribution >= 4 is 23.5 Å². The molecule has 0 atom stereocenters. The highest BCUT2D eigenvalue weighted by Gasteiger charge is 2.53. The maximum Gasteiger partial charge on any atom is 0.325 e. The third-order valence-corrected chi connectivity index (χ3v) is 5.28. The second-order valence-corrected chi connectivity index (χ2v) is 6.84. The summed E-state index contributed by atoms with van der Waals surface area (Å²) in [6.07, 6.45) is 1.69. The van der Waals surface area contributed by atoms with Crippen LogP contribution in [0.1, 0.15) is 16.7 Å². The number of nitrogens with one attached hydrogen (secondary N) is 1. The first-order chi connectivity index (χ1) is 11.6. The summed E-state index contributed by atoms with van der Waals surface area (Å²) in [6, 6.07) is 15.2. The van der Waals surface area contributed by atoms with Gasteiger partial charge in [-0.2, -0.15) is 0 Å². The second kappa shape index (κ2) is 5.64. The zero-order valence-electron chi connectivity index (χ0n) is 13.1. The molecule has 1 saturated heterocycles. The van der Waals surface area contributed by atoms with E-state index in [1.54, 1.807) is 0 Å². The van der Waals surface area contributed by atoms with Gasteiger partial charge in [-0.15, -0.1) is 0 Å². The zero-order chi connectivity index (χ0) is 16.7. The van der Waals surface area contributed by atoms with Gasteiger partial charge in [0.25, 0.3) is 5.91 Å². The van der Waals surface area contributed by atoms with Crippen LogP contribution in [0.4, 0.5) is 4.79 Å². The average molecular weight is 341 g/mol. The van der Waals surface area contributed by atoms with Crippen LogP contribution in [0.2, 0.25) is 5.02 Å². The molecule has 0 radical (unpaired) electrons. The second-order valence-electron chi connectivity index (χ2n) is 6.43. The molecule has 4 nitrogen and oxygen atoms in total. The van der Waals surface area contributed by atoms with E-state index in [0.29, 0.717) is 30.8 Å². The number of fused-ring (bicyclic) bond motifs is 1. The Kier molecular flexibility index (Phi) is 3.57. The van der Waals surface area contributed by atoms with E-state index in [1.165, 1.54) is 4.90 Å². The summed E-state index contributed by atoms with van der Waals surface area (Å²) in [5, 5.41) is 3.59. The number of urea groups is 1. The smallest absolute Gasteiger partial charge is 0.322 e. The molecule has 0 aromatic heterocycles. The number of carbonyl (C=O) groups is 2. The number of hydrogen-bond acceptors (Lipinski definition) is 2. The van der Waals surface area contributed by atoms with Crippen molar-refractivity contribution in [3.63, 3.8) is 0 Å². The van der Waals surface area contributed by atoms with Gasteiger partial charge in [-0.3, -0.25) is 9.69 Å². The third-order valence-electron chi connectivity index (χ3n) is 4.91. The van der Waals surface area contributed by atoms with Crippen LogP contribution in [0.5, 0.6) is 0 Å². The van der Waals surface area contributed by atoms with Gasteiger partial charge >= 0.3 is 6.03 Å². The van der Waals surface area contributed by atoms with Crippen LogP contribution >= 0.6 is 11.6 Å². The molecule has 1 fully saturated rings. The summed E-state index contributed by atoms with van der Waals surface area (Å²) >= 11 is 6.16. The van der Waals surface area contributed by atoms with Crippen molar-refractivity contribution < 1.29 is 9.59 Å². The number of amides is 3. The van der Waals surface area contributed by atoms with Crippen LogP contribution in [0.15, 0.2) is 48.5 Å². The predicted octanol–water partition coefficient (Wildman–Crippen LogP) is 2.97. The van der Waals surface area contributed by atoms with Crippen molar-refractivity contribution in [3.05, 3.63) is 70.2 Å². The third kappa shape index (κ3) is 2.38. The van der Waals surface area contributed by atoms with Crippen LogP contribution in [0, 0.1) is 0 Å². The first-order valence-electron chi connectivity index (χ1n) is 8.03. The van der Waals surface area contributed by atoms with E-state index in [2.05, 4.69) is 5.32 Å². The summed E-state index contributed by atoms with van der Waals surface area (Å²) in [7, 11) is 0. The molecular weight excluding hydrogens is 324 g/mol. The quantitative estimate of drug-likeness (QED) is 0.873. The molecule has 0 bridgehead atoms. The van der Waals surface area contributed by atoms with Gasteiger partial charge in [-0.25, -0.2) is 4.79 Å². The number of carbonyl (C=O) groups excluding carboxylic acids is 2. The van der Waals surface area contributed by atoms with Gasteiger partial charge in [0.2, 0.25) is 0 Å². The Hall–Kier alpha value is -2.33. The van der Waals surface area contributed by atoms with E-state index in [9.17, 15) is 9.59 Å². The normalized spacial score (nSPS) is 18.1. The minimum atomic E-state index is -0.804. The van der Waals surface area contributed by atoms with Gasteiger partial charge in [-0.05, 0) is 29.2 Å². The Morgan fingerprint density at radius 1 is 1.00 bits per heavy atom. The number of nitrogens with zero attached hydrogens (tertiary/aromatic N) is 1. The lowest BCUT2D eigenvalue weighted by Crippen LogP contribution is -2.48. The van der Waals surface area contributed by atoms with Crippen molar-refractivity contribution in [2.75, 3.05) is 6.54 Å². The van der Waals surface area contributed by atoms with Gasteiger partial charge < -0.3 is 5.32 Å². The van der Waals surface area contributed by atoms with Crippen LogP contribution in [0.3, 0.4) is 0 Å². The van der Waals surface area contributed by atoms with Crippen LogP contribution in [-0.4, -0.2) is 28.9 Å². The van der Waals surface area contributed by atoms with Gasteiger partial charge in [0.1, 0.15) is 5.54 Å². The molecule has 2 aromatic carbocycles. The van der Waals surface area contributed by atoms with Crippen LogP contribution in [-0.2, 0) is 24.1 Å². The topological polar surface area (TPSA) is 49.4 Å². The Bertz CT molecular complexity index is 809. The van der Waals surface area contributed by atoms with Gasteiger partial charge in [-0.1, -0.05) is 54.1 Å². The monoisotopic (exact) mass is 340 g/mol. The summed E-state index contributed by atoms with van der Waals surface area (Å²) in [6.45, 7) is 0.340. The molecule has 1 N–H and O–H groups in total. The molecule has 0 saturated carbocycles. The molecule has 24 heavy (non-hydrogen) atoms. The number of benzene rings is 2. The fraction of sp³-hybridized carbons (Fsp3) is 0.263. The molecule has 5 heteroatoms. The van der Waals surface area contributed by atoms with E-state index in [4.69, 9.17) is 11.6 Å². The lowest BCUT2D eigenvalue weighted by Gasteiger charge is -2.20. The Morgan fingerprint density at radius 2 is 1.62 bits per heavy atom. The molecule has 1 aliphatic heterocycles. The van der Waals surface area contributed by atoms with Crippen molar-refractivity contribution in [2.24, 2.45) is 0 Å². The summed E-state index contributed by atoms with van der Waals surface area (Å²) in [4.78, 5) is 26.6. The highest BCUT2D eigenvalue weighted by molar-refractivity contribution is 6.31. The van der Waals surface area contributed by atoms with E-state index >= 15 is 0 Å². The molecule has 2 aromatic rings. The van der Waals surface area contributed by atoms with Crippen LogP contribution < -0.4 is 5.32 Å². The number of imide groups is 1. The molecule has 2 aliphatic rings. The summed E-state index contributed by atoms with van der Waals surface area (Å²) in [5.41, 5.74) is 2.41. The molecule has 1 spiro atoms. The van der Waals surface area contributed by atoms with E-state index in [1.807, 2.05) is 48.5 Å². The zero-order valence-corrected chi connectivity index (χ0v) is 13.8. The maximum absolute atomic E-state index is 12.9. The molecule has 4 rings (SSSR count). The summed E-state index contributed by atoms with van der Waals surface area (Å²) < 4.78 is 0. The lowest BCUT2D eigenvalue weighted by molar-refractivity contribution is -0.131. The van der Waals surface area contributed by atoms with E-state index < -0.39 is 5.54 Å². The van der Waals surface area contributed by atoms with Crippen molar-refractivity contribution in [3.8, 4) is 0 Å². The summed E-state index contributed by atoms with van der Waals surface area (Å²) in [5.74, 6) is -0.129. The van der Waals surface area contributed by atoms with Gasteiger partial charge in [0.05, 0.1) is 0 Å². The van der Waals surface area contributed by atoms with Gasteiger partial charge in [0, 0.05) is 24.4 Å². The van der Waals surface area contributed by atoms with Crippen molar-refractivity contribution in [2.45, 2.75) is 24.8 Å². The van der Waals surface area contributed by atoms with Crippen molar-refractivity contribution in [1.29, 1.82) is 0 Å². The first kappa shape index (κ1) is 15.2. The van der Waals surface area contributed by atoms with E-state index in [-0.39, 0.29) is 11.9 Å². The van der Waals surface area contributed by atoms with Gasteiger partial charge in [0.15, 0.2) is 0 Å². The minimum Gasteiger partial charge on any atom is -0.322 e. The Balaban J connectivity index is 1.52.